The number of benzene rings is 3. The molecule has 0 radical (unpaired) electrons. The lowest BCUT2D eigenvalue weighted by Gasteiger charge is -2.14. The molecule has 158 valence electrons. The molecule has 0 aliphatic heterocycles. The van der Waals surface area contributed by atoms with Crippen LogP contribution in [-0.4, -0.2) is 21.3 Å². The van der Waals surface area contributed by atoms with Crippen molar-refractivity contribution < 1.29 is 18.6 Å². The minimum atomic E-state index is -0.100. The van der Waals surface area contributed by atoms with Crippen LogP contribution in [0, 0.1) is 6.92 Å². The fourth-order valence-corrected chi connectivity index (χ4v) is 3.60. The molecule has 0 bridgehead atoms. The van der Waals surface area contributed by atoms with Crippen LogP contribution in [0.25, 0.3) is 22.1 Å². The number of hydrogen-bond donors (Lipinski definition) is 1. The first kappa shape index (κ1) is 20.3. The molecule has 1 N–H and O–H groups in total. The Hall–Kier alpha value is -3.93. The monoisotopic (exact) mass is 417 g/mol. The van der Waals surface area contributed by atoms with E-state index in [2.05, 4.69) is 5.32 Å². The molecule has 6 heteroatoms. The van der Waals surface area contributed by atoms with Gasteiger partial charge >= 0.3 is 0 Å². The van der Waals surface area contributed by atoms with Crippen molar-refractivity contribution in [1.82, 2.24) is 0 Å². The second kappa shape index (κ2) is 8.44. The van der Waals surface area contributed by atoms with E-state index in [0.717, 1.165) is 11.4 Å². The predicted octanol–water partition coefficient (Wildman–Crippen LogP) is 5.54. The van der Waals surface area contributed by atoms with Crippen molar-refractivity contribution in [3.63, 3.8) is 0 Å². The molecular weight excluding hydrogens is 394 g/mol. The molecule has 1 aromatic heterocycles. The van der Waals surface area contributed by atoms with Crippen molar-refractivity contribution in [2.75, 3.05) is 26.6 Å². The molecule has 0 unspecified atom stereocenters. The Morgan fingerprint density at radius 2 is 1.61 bits per heavy atom. The Morgan fingerprint density at radius 1 is 0.839 bits per heavy atom. The molecule has 0 amide bonds. The van der Waals surface area contributed by atoms with Crippen molar-refractivity contribution in [3.05, 3.63) is 76.6 Å². The summed E-state index contributed by atoms with van der Waals surface area (Å²) in [5, 5.41) is 3.81. The molecule has 3 aromatic carbocycles. The van der Waals surface area contributed by atoms with Crippen LogP contribution in [0.1, 0.15) is 5.76 Å². The van der Waals surface area contributed by atoms with Gasteiger partial charge in [0.25, 0.3) is 0 Å². The van der Waals surface area contributed by atoms with Gasteiger partial charge in [-0.15, -0.1) is 0 Å². The Bertz CT molecular complexity index is 1310. The van der Waals surface area contributed by atoms with Crippen molar-refractivity contribution >= 4 is 22.3 Å². The number of fused-ring (bicyclic) bond motifs is 1. The van der Waals surface area contributed by atoms with Crippen molar-refractivity contribution in [1.29, 1.82) is 0 Å². The number of para-hydroxylation sites is 1. The highest BCUT2D eigenvalue weighted by Crippen LogP contribution is 2.34. The van der Waals surface area contributed by atoms with E-state index in [1.54, 1.807) is 46.5 Å². The maximum Gasteiger partial charge on any atom is 0.200 e. The molecule has 1 heterocycles. The number of methoxy groups -OCH3 is 3. The van der Waals surface area contributed by atoms with Crippen LogP contribution in [-0.2, 0) is 0 Å². The van der Waals surface area contributed by atoms with Crippen LogP contribution in [0.15, 0.2) is 69.9 Å². The third-order valence-corrected chi connectivity index (χ3v) is 5.13. The molecule has 31 heavy (non-hydrogen) atoms. The molecule has 0 aliphatic carbocycles. The zero-order valence-electron chi connectivity index (χ0n) is 17.8. The standard InChI is InChI=1S/C25H23NO5/c1-15-24(18-7-5-6-8-21(18)29-3)25(27)19-11-9-16(13-22(19)31-15)26-20-12-10-17(28-2)14-23(20)30-4/h5-14,26H,1-4H3. The van der Waals surface area contributed by atoms with E-state index >= 15 is 0 Å². The average Bonchev–Trinajstić information content (AvgIpc) is 2.79. The molecule has 0 spiro atoms. The largest absolute Gasteiger partial charge is 0.497 e. The summed E-state index contributed by atoms with van der Waals surface area (Å²) in [5.41, 5.74) is 3.15. The first-order chi connectivity index (χ1) is 15.0. The van der Waals surface area contributed by atoms with Gasteiger partial charge < -0.3 is 23.9 Å². The number of nitrogens with one attached hydrogen (secondary N) is 1. The maximum absolute atomic E-state index is 13.3. The minimum absolute atomic E-state index is 0.100. The third kappa shape index (κ3) is 3.80. The second-order valence-electron chi connectivity index (χ2n) is 6.96. The fraction of sp³-hybridized carbons (Fsp3) is 0.160. The molecule has 0 fully saturated rings. The van der Waals surface area contributed by atoms with Crippen LogP contribution in [0.3, 0.4) is 0 Å². The Labute approximate surface area is 180 Å². The van der Waals surface area contributed by atoms with E-state index < -0.39 is 0 Å². The number of aryl methyl sites for hydroxylation is 1. The molecule has 4 rings (SSSR count). The van der Waals surface area contributed by atoms with Gasteiger partial charge in [-0.05, 0) is 37.3 Å². The molecule has 0 saturated heterocycles. The van der Waals surface area contributed by atoms with Gasteiger partial charge in [0.15, 0.2) is 0 Å². The van der Waals surface area contributed by atoms with Gasteiger partial charge in [-0.2, -0.15) is 0 Å². The minimum Gasteiger partial charge on any atom is -0.497 e. The van der Waals surface area contributed by atoms with Crippen LogP contribution >= 0.6 is 0 Å². The van der Waals surface area contributed by atoms with E-state index in [1.807, 2.05) is 42.5 Å². The number of rotatable bonds is 6. The van der Waals surface area contributed by atoms with E-state index in [1.165, 1.54) is 0 Å². The quantitative estimate of drug-likeness (QED) is 0.444. The highest BCUT2D eigenvalue weighted by molar-refractivity contribution is 5.87. The summed E-state index contributed by atoms with van der Waals surface area (Å²) < 4.78 is 22.2. The maximum atomic E-state index is 13.3. The molecular formula is C25H23NO5. The van der Waals surface area contributed by atoms with Crippen molar-refractivity contribution in [2.45, 2.75) is 6.92 Å². The van der Waals surface area contributed by atoms with Crippen LogP contribution < -0.4 is 25.0 Å². The lowest BCUT2D eigenvalue weighted by atomic mass is 10.0. The van der Waals surface area contributed by atoms with Gasteiger partial charge in [0, 0.05) is 23.4 Å². The van der Waals surface area contributed by atoms with E-state index in [-0.39, 0.29) is 5.43 Å². The topological polar surface area (TPSA) is 69.9 Å². The molecule has 0 aliphatic rings. The number of ether oxygens (including phenoxy) is 3. The Kier molecular flexibility index (Phi) is 5.54. The van der Waals surface area contributed by atoms with Crippen molar-refractivity contribution in [3.8, 4) is 28.4 Å². The Balaban J connectivity index is 1.77. The third-order valence-electron chi connectivity index (χ3n) is 5.13. The summed E-state index contributed by atoms with van der Waals surface area (Å²) in [4.78, 5) is 13.3. The summed E-state index contributed by atoms with van der Waals surface area (Å²) in [7, 11) is 4.79. The second-order valence-corrected chi connectivity index (χ2v) is 6.96. The number of anilines is 2. The highest BCUT2D eigenvalue weighted by Gasteiger charge is 2.17. The summed E-state index contributed by atoms with van der Waals surface area (Å²) in [6.45, 7) is 1.79. The van der Waals surface area contributed by atoms with Crippen LogP contribution in [0.2, 0.25) is 0 Å². The predicted molar refractivity (Wildman–Crippen MR) is 122 cm³/mol. The summed E-state index contributed by atoms with van der Waals surface area (Å²) in [6.07, 6.45) is 0. The van der Waals surface area contributed by atoms with Crippen molar-refractivity contribution in [2.24, 2.45) is 0 Å². The zero-order chi connectivity index (χ0) is 22.0. The van der Waals surface area contributed by atoms with E-state index in [0.29, 0.717) is 45.1 Å². The lowest BCUT2D eigenvalue weighted by Crippen LogP contribution is -2.08. The summed E-state index contributed by atoms with van der Waals surface area (Å²) in [5.74, 6) is 2.50. The van der Waals surface area contributed by atoms with Gasteiger partial charge in [-0.1, -0.05) is 18.2 Å². The average molecular weight is 417 g/mol. The SMILES string of the molecule is COc1ccc(Nc2ccc3c(=O)c(-c4ccccc4OC)c(C)oc3c2)c(OC)c1. The van der Waals surface area contributed by atoms with E-state index in [4.69, 9.17) is 18.6 Å². The highest BCUT2D eigenvalue weighted by atomic mass is 16.5. The number of hydrogen-bond acceptors (Lipinski definition) is 6. The van der Waals surface area contributed by atoms with Gasteiger partial charge in [0.1, 0.15) is 28.6 Å². The van der Waals surface area contributed by atoms with Gasteiger partial charge in [0.05, 0.1) is 38.0 Å². The van der Waals surface area contributed by atoms with Crippen LogP contribution in [0.4, 0.5) is 11.4 Å². The first-order valence-electron chi connectivity index (χ1n) is 9.75. The first-order valence-corrected chi connectivity index (χ1v) is 9.75. The van der Waals surface area contributed by atoms with Gasteiger partial charge in [-0.3, -0.25) is 4.79 Å². The van der Waals surface area contributed by atoms with Crippen LogP contribution in [0.5, 0.6) is 17.2 Å². The summed E-state index contributed by atoms with van der Waals surface area (Å²) in [6, 6.07) is 18.3. The smallest absolute Gasteiger partial charge is 0.200 e. The molecule has 6 nitrogen and oxygen atoms in total. The summed E-state index contributed by atoms with van der Waals surface area (Å²) >= 11 is 0. The van der Waals surface area contributed by atoms with E-state index in [9.17, 15) is 4.79 Å². The fourth-order valence-electron chi connectivity index (χ4n) is 3.60. The molecule has 0 saturated carbocycles. The normalized spacial score (nSPS) is 10.7. The zero-order valence-corrected chi connectivity index (χ0v) is 17.8. The Morgan fingerprint density at radius 3 is 2.35 bits per heavy atom. The lowest BCUT2D eigenvalue weighted by molar-refractivity contribution is 0.395. The molecule has 4 aromatic rings. The van der Waals surface area contributed by atoms with Gasteiger partial charge in [-0.25, -0.2) is 0 Å². The van der Waals surface area contributed by atoms with Gasteiger partial charge in [0.2, 0.25) is 5.43 Å². The molecule has 0 atom stereocenters.